The molecule has 2 aliphatic carbocycles. The van der Waals surface area contributed by atoms with Crippen molar-refractivity contribution < 1.29 is 29.1 Å². The highest BCUT2D eigenvalue weighted by Crippen LogP contribution is 2.51. The van der Waals surface area contributed by atoms with Crippen molar-refractivity contribution >= 4 is 63.5 Å². The molecule has 0 spiro atoms. The highest BCUT2D eigenvalue weighted by Gasteiger charge is 2.43. The summed E-state index contributed by atoms with van der Waals surface area (Å²) in [4.78, 5) is 45.2. The SMILES string of the molecule is CC(C)(C)OC(=O)CC1(c2ccc(-c3nc4n(c3-c3ccccc3)-c3cccnc3Nc3ccccc3-4)cc2)CCC1.CC(C)(C)OC(=O)CC1(c2ccc(-c3nc4n(c3Br)-c3cccnc3Nc3ccccc3-4)cc2)CCC1.OB(O)c1ccccc1. The second kappa shape index (κ2) is 24.3. The first kappa shape index (κ1) is 59.4. The minimum Gasteiger partial charge on any atom is -0.460 e. The Morgan fingerprint density at radius 3 is 1.39 bits per heavy atom. The summed E-state index contributed by atoms with van der Waals surface area (Å²) in [5, 5.41) is 24.1. The van der Waals surface area contributed by atoms with Crippen LogP contribution in [0.5, 0.6) is 0 Å². The zero-order valence-corrected chi connectivity index (χ0v) is 51.9. The quantitative estimate of drug-likeness (QED) is 0.0753. The van der Waals surface area contributed by atoms with Crippen LogP contribution in [-0.4, -0.2) is 69.4 Å². The Labute approximate surface area is 522 Å². The summed E-state index contributed by atoms with van der Waals surface area (Å²) in [6.45, 7) is 11.5. The van der Waals surface area contributed by atoms with Crippen LogP contribution in [0, 0.1) is 0 Å². The summed E-state index contributed by atoms with van der Waals surface area (Å²) in [7, 11) is -1.34. The molecule has 0 amide bonds. The van der Waals surface area contributed by atoms with Crippen molar-refractivity contribution in [1.29, 1.82) is 0 Å². The van der Waals surface area contributed by atoms with E-state index in [1.807, 2.05) is 108 Å². The molecular formula is C72H70BBrN8O6. The molecule has 2 saturated carbocycles. The molecule has 88 heavy (non-hydrogen) atoms. The Bertz CT molecular complexity index is 4170. The highest BCUT2D eigenvalue weighted by molar-refractivity contribution is 9.10. The molecule has 4 aromatic heterocycles. The lowest BCUT2D eigenvalue weighted by Crippen LogP contribution is -2.38. The van der Waals surface area contributed by atoms with Crippen molar-refractivity contribution in [2.75, 3.05) is 10.6 Å². The normalized spacial score (nSPS) is 14.5. The third kappa shape index (κ3) is 12.2. The number of esters is 2. The number of hydrogen-bond acceptors (Lipinski definition) is 12. The third-order valence-electron chi connectivity index (χ3n) is 16.7. The summed E-state index contributed by atoms with van der Waals surface area (Å²) in [6, 6.07) is 60.7. The lowest BCUT2D eigenvalue weighted by molar-refractivity contribution is -0.158. The van der Waals surface area contributed by atoms with Gasteiger partial charge in [-0.1, -0.05) is 146 Å². The molecular weight excluding hydrogens is 1160 g/mol. The predicted molar refractivity (Wildman–Crippen MR) is 352 cm³/mol. The van der Waals surface area contributed by atoms with Gasteiger partial charge in [-0.3, -0.25) is 18.7 Å². The lowest BCUT2D eigenvalue weighted by atomic mass is 9.62. The molecule has 16 heteroatoms. The summed E-state index contributed by atoms with van der Waals surface area (Å²) in [5.74, 6) is 3.02. The van der Waals surface area contributed by atoms with Crippen molar-refractivity contribution in [3.05, 3.63) is 210 Å². The fraction of sp³-hybridized carbons (Fsp3) is 0.250. The molecule has 2 fully saturated rings. The Kier molecular flexibility index (Phi) is 16.4. The van der Waals surface area contributed by atoms with E-state index in [0.717, 1.165) is 134 Å². The van der Waals surface area contributed by atoms with Crippen LogP contribution in [0.3, 0.4) is 0 Å². The predicted octanol–water partition coefficient (Wildman–Crippen LogP) is 15.4. The van der Waals surface area contributed by atoms with Gasteiger partial charge in [-0.15, -0.1) is 0 Å². The van der Waals surface area contributed by atoms with Gasteiger partial charge in [0, 0.05) is 51.0 Å². The summed E-state index contributed by atoms with van der Waals surface area (Å²) in [5.41, 5.74) is 13.4. The molecule has 0 saturated heterocycles. The van der Waals surface area contributed by atoms with Crippen LogP contribution in [0.2, 0.25) is 0 Å². The van der Waals surface area contributed by atoms with E-state index in [-0.39, 0.29) is 22.8 Å². The number of benzene rings is 6. The summed E-state index contributed by atoms with van der Waals surface area (Å²) in [6.07, 6.45) is 10.7. The number of pyridine rings is 2. The van der Waals surface area contributed by atoms with Gasteiger partial charge >= 0.3 is 19.1 Å². The topological polar surface area (TPSA) is 179 Å². The van der Waals surface area contributed by atoms with Crippen LogP contribution in [0.1, 0.15) is 104 Å². The average molecular weight is 1230 g/mol. The molecule has 0 radical (unpaired) electrons. The fourth-order valence-electron chi connectivity index (χ4n) is 12.3. The van der Waals surface area contributed by atoms with E-state index in [0.29, 0.717) is 18.3 Å². The van der Waals surface area contributed by atoms with E-state index < -0.39 is 18.3 Å². The van der Waals surface area contributed by atoms with E-state index in [1.165, 1.54) is 11.1 Å². The molecule has 2 aliphatic heterocycles. The minimum atomic E-state index is -1.34. The maximum atomic E-state index is 12.8. The third-order valence-corrected chi connectivity index (χ3v) is 17.4. The Morgan fingerprint density at radius 2 is 0.943 bits per heavy atom. The van der Waals surface area contributed by atoms with Gasteiger partial charge in [0.2, 0.25) is 0 Å². The lowest BCUT2D eigenvalue weighted by Gasteiger charge is -2.42. The molecule has 4 aliphatic rings. The van der Waals surface area contributed by atoms with Gasteiger partial charge in [-0.05, 0) is 148 Å². The van der Waals surface area contributed by atoms with E-state index in [1.54, 1.807) is 30.5 Å². The molecule has 0 unspecified atom stereocenters. The number of para-hydroxylation sites is 2. The number of rotatable bonds is 10. The van der Waals surface area contributed by atoms with Crippen LogP contribution in [0.4, 0.5) is 23.0 Å². The second-order valence-corrected chi connectivity index (χ2v) is 25.8. The largest absolute Gasteiger partial charge is 0.488 e. The smallest absolute Gasteiger partial charge is 0.460 e. The van der Waals surface area contributed by atoms with Gasteiger partial charge in [-0.25, -0.2) is 19.9 Å². The molecule has 0 atom stereocenters. The molecule has 14 nitrogen and oxygen atoms in total. The van der Waals surface area contributed by atoms with Gasteiger partial charge in [0.05, 0.1) is 47.0 Å². The number of aromatic nitrogens is 6. The van der Waals surface area contributed by atoms with Crippen LogP contribution in [0.25, 0.3) is 67.9 Å². The molecule has 6 heterocycles. The van der Waals surface area contributed by atoms with E-state index in [4.69, 9.17) is 34.5 Å². The first-order valence-corrected chi connectivity index (χ1v) is 30.8. The highest BCUT2D eigenvalue weighted by atomic mass is 79.9. The second-order valence-electron chi connectivity index (χ2n) is 25.1. The number of fused-ring (bicyclic) bond motifs is 10. The number of nitrogens with zero attached hydrogens (tertiary/aromatic N) is 6. The molecule has 6 aromatic carbocycles. The molecule has 0 bridgehead atoms. The molecule has 4 N–H and O–H groups in total. The summed E-state index contributed by atoms with van der Waals surface area (Å²) >= 11 is 3.86. The Morgan fingerprint density at radius 1 is 0.523 bits per heavy atom. The van der Waals surface area contributed by atoms with Gasteiger partial charge in [0.15, 0.2) is 11.6 Å². The molecule has 14 rings (SSSR count). The van der Waals surface area contributed by atoms with Crippen molar-refractivity contribution in [2.24, 2.45) is 0 Å². The number of carbonyl (C=O) groups excluding carboxylic acids is 2. The maximum absolute atomic E-state index is 12.8. The van der Waals surface area contributed by atoms with Crippen LogP contribution in [0.15, 0.2) is 199 Å². The zero-order chi connectivity index (χ0) is 61.4. The van der Waals surface area contributed by atoms with E-state index in [2.05, 4.69) is 138 Å². The van der Waals surface area contributed by atoms with Crippen molar-refractivity contribution in [3.63, 3.8) is 0 Å². The van der Waals surface area contributed by atoms with Gasteiger partial charge in [-0.2, -0.15) is 0 Å². The van der Waals surface area contributed by atoms with E-state index >= 15 is 0 Å². The van der Waals surface area contributed by atoms with Crippen molar-refractivity contribution in [1.82, 2.24) is 29.1 Å². The number of ether oxygens (including phenoxy) is 2. The standard InChI is InChI=1S/C36H34N4O2.C30H29BrN4O2.C6H7BO2/c1-35(2,3)42-30(41)23-36(20-10-21-36)26-18-16-24(17-19-26)31-32(25-11-5-4-6-12-25)40-29-15-9-22-37-33(29)38-28-14-8-7-13-27(28)34(40)39-31;1-29(2,3)37-24(36)18-30(15-7-16-30)20-13-11-19(12-14-20)25-26(31)35-23-10-6-17-32-27(23)33-22-9-5-4-8-21(22)28(35)34-25;8-7(9)6-4-2-1-3-5-6/h4-9,11-19,22H,10,20-21,23H2,1-3H3,(H,37,38);4-6,8-14,17H,7,15-16,18H2,1-3H3,(H,32,33);1-5,8-9H. The number of carbonyl (C=O) groups is 2. The Hall–Kier alpha value is -8.96. The average Bonchev–Trinajstić information content (AvgIpc) is 1.75. The number of hydrogen-bond donors (Lipinski definition) is 4. The van der Waals surface area contributed by atoms with Crippen molar-refractivity contribution in [2.45, 2.75) is 115 Å². The molecule has 10 aromatic rings. The number of nitrogens with one attached hydrogen (secondary N) is 2. The van der Waals surface area contributed by atoms with Gasteiger partial charge in [0.1, 0.15) is 33.1 Å². The first-order chi connectivity index (χ1) is 42.4. The zero-order valence-electron chi connectivity index (χ0n) is 50.3. The maximum Gasteiger partial charge on any atom is 0.488 e. The van der Waals surface area contributed by atoms with Crippen molar-refractivity contribution in [3.8, 4) is 67.9 Å². The minimum absolute atomic E-state index is 0.128. The summed E-state index contributed by atoms with van der Waals surface area (Å²) < 4.78 is 16.6. The van der Waals surface area contributed by atoms with Gasteiger partial charge in [0.25, 0.3) is 0 Å². The fourth-order valence-corrected chi connectivity index (χ4v) is 13.0. The first-order valence-electron chi connectivity index (χ1n) is 30.0. The van der Waals surface area contributed by atoms with Crippen LogP contribution >= 0.6 is 15.9 Å². The number of halogens is 1. The van der Waals surface area contributed by atoms with E-state index in [9.17, 15) is 9.59 Å². The molecule has 444 valence electrons. The number of anilines is 4. The monoisotopic (exact) mass is 1230 g/mol. The van der Waals surface area contributed by atoms with Crippen LogP contribution < -0.4 is 16.1 Å². The van der Waals surface area contributed by atoms with Crippen LogP contribution in [-0.2, 0) is 29.9 Å². The van der Waals surface area contributed by atoms with Gasteiger partial charge < -0.3 is 30.2 Å². The Balaban J connectivity index is 0.000000151. The number of imidazole rings is 2.